The quantitative estimate of drug-likeness (QED) is 0.00889. The van der Waals surface area contributed by atoms with Crippen molar-refractivity contribution in [2.24, 2.45) is 11.8 Å². The second kappa shape index (κ2) is 71.2. The Hall–Kier alpha value is -2.79. The molecule has 1 aliphatic carbocycles. The molecular formula is C94H175O25P. The van der Waals surface area contributed by atoms with E-state index in [9.17, 15) is 74.6 Å². The second-order valence-corrected chi connectivity index (χ2v) is 36.9. The summed E-state index contributed by atoms with van der Waals surface area (Å²) in [6.45, 7) is 10.2. The number of aliphatic hydroxyl groups excluding tert-OH is 9. The molecule has 1 saturated carbocycles. The highest BCUT2D eigenvalue weighted by Gasteiger charge is 2.60. The van der Waals surface area contributed by atoms with Gasteiger partial charge in [0.15, 0.2) is 24.8 Å². The number of aliphatic hydroxyl groups is 9. The summed E-state index contributed by atoms with van der Waals surface area (Å²) in [6.07, 6.45) is 27.8. The molecule has 20 unspecified atom stereocenters. The SMILES string of the molecule is CCCCCCCC/C=C\CCCCCC(=O)OC(COC(=O)CCCCCCCCC(C)CCCCCCCC)COP(=O)(O)OC1C(OC2OC(CO)C(O)C(O)C2O)C(O)C(O)C(OC(=O)CCCCCCCCC(C)CCCCCCCC)C1OC1OC(COC(=O)CCCCCCCCCCCCCCCCCC)C(O)C(O)C1O. The van der Waals surface area contributed by atoms with Crippen molar-refractivity contribution in [3.05, 3.63) is 12.2 Å². The third-order valence-electron chi connectivity index (χ3n) is 24.3. The molecule has 0 aromatic rings. The minimum absolute atomic E-state index is 0.0176. The number of rotatable bonds is 78. The standard InChI is InChI=1S/C94H175O25P/c1-7-11-15-19-23-25-27-29-30-31-33-34-36-38-48-57-65-78(97)111-71-76-82(101)84(103)88(107)94(115-76)118-91-89(116-80(99)67-59-51-43-41-47-55-63-73(6)61-53-45-22-18-14-10-4)85(104)86(105)90(117-93-87(106)83(102)81(100)75(68-95)114-93)92(91)119-120(108,109)112-70-74(113-79(98)66-58-50-39-37-35-32-28-26-24-20-16-12-8-2)69-110-77(96)64-56-49-42-40-46-54-62-72(5)60-52-44-21-17-13-9-3/h32,35,72-76,81-95,100-107H,7-31,33-34,36-71H2,1-6H3,(H,108,109)/b35-32-. The van der Waals surface area contributed by atoms with E-state index in [-0.39, 0.29) is 25.7 Å². The lowest BCUT2D eigenvalue weighted by Gasteiger charge is -2.50. The fourth-order valence-electron chi connectivity index (χ4n) is 16.4. The number of esters is 4. The molecule has 0 spiro atoms. The smallest absolute Gasteiger partial charge is 0.463 e. The van der Waals surface area contributed by atoms with E-state index < -0.39 is 162 Å². The molecule has 2 heterocycles. The van der Waals surface area contributed by atoms with Crippen molar-refractivity contribution in [3.8, 4) is 0 Å². The van der Waals surface area contributed by atoms with Crippen LogP contribution in [-0.4, -0.2) is 205 Å². The van der Waals surface area contributed by atoms with E-state index in [0.29, 0.717) is 50.4 Å². The van der Waals surface area contributed by atoms with E-state index in [1.807, 2.05) is 0 Å². The average Bonchev–Trinajstić information content (AvgIpc) is 0.562. The maximum Gasteiger partial charge on any atom is 0.472 e. The number of phosphoric ester groups is 1. The predicted octanol–water partition coefficient (Wildman–Crippen LogP) is 18.4. The van der Waals surface area contributed by atoms with Crippen LogP contribution in [0.15, 0.2) is 12.2 Å². The molecule has 10 N–H and O–H groups in total. The maximum atomic E-state index is 14.9. The molecule has 25 nitrogen and oxygen atoms in total. The van der Waals surface area contributed by atoms with Gasteiger partial charge in [0.25, 0.3) is 0 Å². The lowest BCUT2D eigenvalue weighted by molar-refractivity contribution is -0.360. The van der Waals surface area contributed by atoms with Gasteiger partial charge in [-0.3, -0.25) is 28.2 Å². The summed E-state index contributed by atoms with van der Waals surface area (Å²) in [5.41, 5.74) is 0. The molecular weight excluding hydrogens is 1560 g/mol. The molecule has 0 aromatic heterocycles. The summed E-state index contributed by atoms with van der Waals surface area (Å²) in [6, 6.07) is 0. The Morgan fingerprint density at radius 3 is 1.08 bits per heavy atom. The number of hydrogen-bond acceptors (Lipinski definition) is 24. The Morgan fingerprint density at radius 2 is 0.675 bits per heavy atom. The zero-order valence-corrected chi connectivity index (χ0v) is 76.6. The summed E-state index contributed by atoms with van der Waals surface area (Å²) in [5, 5.41) is 103. The number of hydrogen-bond donors (Lipinski definition) is 10. The molecule has 3 rings (SSSR count). The van der Waals surface area contributed by atoms with Gasteiger partial charge in [0, 0.05) is 25.7 Å². The fourth-order valence-corrected chi connectivity index (χ4v) is 17.4. The molecule has 0 amide bonds. The van der Waals surface area contributed by atoms with Crippen LogP contribution < -0.4 is 0 Å². The first-order valence-corrected chi connectivity index (χ1v) is 50.2. The van der Waals surface area contributed by atoms with Crippen LogP contribution in [0.5, 0.6) is 0 Å². The van der Waals surface area contributed by atoms with E-state index in [0.717, 1.165) is 122 Å². The summed E-state index contributed by atoms with van der Waals surface area (Å²) < 4.78 is 73.6. The number of carbonyl (C=O) groups is 4. The van der Waals surface area contributed by atoms with Crippen LogP contribution in [0.3, 0.4) is 0 Å². The number of phosphoric acid groups is 1. The van der Waals surface area contributed by atoms with E-state index in [2.05, 4.69) is 53.7 Å². The van der Waals surface area contributed by atoms with Gasteiger partial charge < -0.3 is 88.7 Å². The molecule has 0 radical (unpaired) electrons. The van der Waals surface area contributed by atoms with E-state index in [1.165, 1.54) is 193 Å². The largest absolute Gasteiger partial charge is 0.472 e. The van der Waals surface area contributed by atoms with E-state index in [4.69, 9.17) is 46.9 Å². The minimum atomic E-state index is -5.81. The monoisotopic (exact) mass is 1740 g/mol. The van der Waals surface area contributed by atoms with Crippen LogP contribution in [0.25, 0.3) is 0 Å². The third-order valence-corrected chi connectivity index (χ3v) is 25.3. The molecule has 3 fully saturated rings. The zero-order valence-electron chi connectivity index (χ0n) is 75.7. The predicted molar refractivity (Wildman–Crippen MR) is 467 cm³/mol. The summed E-state index contributed by atoms with van der Waals surface area (Å²) in [7, 11) is -5.81. The summed E-state index contributed by atoms with van der Waals surface area (Å²) in [4.78, 5) is 66.6. The maximum absolute atomic E-state index is 14.9. The first kappa shape index (κ1) is 111. The van der Waals surface area contributed by atoms with Crippen LogP contribution >= 0.6 is 7.82 Å². The number of carbonyl (C=O) groups excluding carboxylic acids is 4. The lowest BCUT2D eigenvalue weighted by atomic mass is 9.84. The van der Waals surface area contributed by atoms with Crippen molar-refractivity contribution >= 4 is 31.7 Å². The van der Waals surface area contributed by atoms with Gasteiger partial charge in [-0.1, -0.05) is 355 Å². The van der Waals surface area contributed by atoms with Gasteiger partial charge in [-0.25, -0.2) is 4.57 Å². The highest BCUT2D eigenvalue weighted by Crippen LogP contribution is 2.49. The van der Waals surface area contributed by atoms with Crippen molar-refractivity contribution < 1.29 is 122 Å². The van der Waals surface area contributed by atoms with Gasteiger partial charge >= 0.3 is 31.7 Å². The number of ether oxygens (including phenoxy) is 8. The summed E-state index contributed by atoms with van der Waals surface area (Å²) in [5.74, 6) is -1.66. The van der Waals surface area contributed by atoms with Crippen LogP contribution in [0.2, 0.25) is 0 Å². The molecule has 0 bridgehead atoms. The normalized spacial score (nSPS) is 25.3. The van der Waals surface area contributed by atoms with Crippen LogP contribution in [0, 0.1) is 11.8 Å². The van der Waals surface area contributed by atoms with E-state index in [1.54, 1.807) is 0 Å². The Kier molecular flexibility index (Phi) is 66.1. The molecule has 26 heteroatoms. The highest BCUT2D eigenvalue weighted by atomic mass is 31.2. The molecule has 3 aliphatic rings. The lowest BCUT2D eigenvalue weighted by Crippen LogP contribution is -2.70. The molecule has 120 heavy (non-hydrogen) atoms. The number of allylic oxidation sites excluding steroid dienone is 2. The Labute approximate surface area is 724 Å². The van der Waals surface area contributed by atoms with Crippen molar-refractivity contribution in [2.75, 3.05) is 26.4 Å². The summed E-state index contributed by atoms with van der Waals surface area (Å²) >= 11 is 0. The first-order valence-electron chi connectivity index (χ1n) is 48.7. The van der Waals surface area contributed by atoms with Crippen LogP contribution in [0.4, 0.5) is 0 Å². The molecule has 2 aliphatic heterocycles. The van der Waals surface area contributed by atoms with Gasteiger partial charge in [-0.2, -0.15) is 0 Å². The molecule has 706 valence electrons. The second-order valence-electron chi connectivity index (χ2n) is 35.5. The van der Waals surface area contributed by atoms with Crippen molar-refractivity contribution in [1.82, 2.24) is 0 Å². The van der Waals surface area contributed by atoms with Crippen molar-refractivity contribution in [1.29, 1.82) is 0 Å². The Balaban J connectivity index is 1.92. The Bertz CT molecular complexity index is 2570. The van der Waals surface area contributed by atoms with Crippen LogP contribution in [-0.2, 0) is 70.7 Å². The average molecular weight is 1740 g/mol. The van der Waals surface area contributed by atoms with Crippen LogP contribution in [0.1, 0.15) is 420 Å². The third kappa shape index (κ3) is 51.3. The molecule has 2 saturated heterocycles. The minimum Gasteiger partial charge on any atom is -0.463 e. The highest BCUT2D eigenvalue weighted by molar-refractivity contribution is 7.47. The fraction of sp³-hybridized carbons (Fsp3) is 0.936. The van der Waals surface area contributed by atoms with Gasteiger partial charge in [-0.15, -0.1) is 0 Å². The topological polar surface area (TPSA) is 380 Å². The van der Waals surface area contributed by atoms with Crippen molar-refractivity contribution in [2.45, 2.75) is 525 Å². The first-order chi connectivity index (χ1) is 58.0. The van der Waals surface area contributed by atoms with Gasteiger partial charge in [0.05, 0.1) is 13.2 Å². The molecule has 0 aromatic carbocycles. The zero-order chi connectivity index (χ0) is 87.8. The van der Waals surface area contributed by atoms with Gasteiger partial charge in [0.2, 0.25) is 0 Å². The van der Waals surface area contributed by atoms with Crippen molar-refractivity contribution in [3.63, 3.8) is 0 Å². The van der Waals surface area contributed by atoms with Gasteiger partial charge in [0.1, 0.15) is 92.6 Å². The molecule has 20 atom stereocenters. The Morgan fingerprint density at radius 1 is 0.350 bits per heavy atom. The van der Waals surface area contributed by atoms with E-state index >= 15 is 0 Å². The van der Waals surface area contributed by atoms with Gasteiger partial charge in [-0.05, 0) is 63.2 Å². The number of unbranched alkanes of at least 4 members (excludes halogenated alkanes) is 44.